The first-order valence-electron chi connectivity index (χ1n) is 6.88. The normalized spacial score (nSPS) is 10.4. The molecule has 1 heterocycles. The fraction of sp³-hybridized carbons (Fsp3) is 0.235. The quantitative estimate of drug-likeness (QED) is 0.365. The highest BCUT2D eigenvalue weighted by atomic mass is 35.5. The maximum Gasteiger partial charge on any atom is 0.112 e. The van der Waals surface area contributed by atoms with Crippen LogP contribution in [0.15, 0.2) is 46.2 Å². The highest BCUT2D eigenvalue weighted by molar-refractivity contribution is 7.99. The molecule has 0 fully saturated rings. The molecular formula is C17H18ClNS3. The summed E-state index contributed by atoms with van der Waals surface area (Å²) in [4.78, 5) is 3.04. The van der Waals surface area contributed by atoms with Crippen LogP contribution < -0.4 is 5.32 Å². The maximum atomic E-state index is 6.27. The smallest absolute Gasteiger partial charge is 0.112 e. The van der Waals surface area contributed by atoms with E-state index in [-0.39, 0.29) is 0 Å². The Morgan fingerprint density at radius 2 is 2.14 bits per heavy atom. The molecule has 116 valence electrons. The van der Waals surface area contributed by atoms with Crippen molar-refractivity contribution >= 4 is 57.6 Å². The van der Waals surface area contributed by atoms with Crippen LogP contribution >= 0.6 is 46.9 Å². The zero-order valence-corrected chi connectivity index (χ0v) is 16.0. The Balaban J connectivity index is 2.10. The number of hydrogen-bond acceptors (Lipinski definition) is 3. The first-order valence-corrected chi connectivity index (χ1v) is 9.53. The minimum absolute atomic E-state index is 0.751. The van der Waals surface area contributed by atoms with Gasteiger partial charge in [-0.2, -0.15) is 0 Å². The lowest BCUT2D eigenvalue weighted by atomic mass is 10.2. The van der Waals surface area contributed by atoms with Crippen molar-refractivity contribution in [3.05, 3.63) is 56.8 Å². The number of allylic oxidation sites excluding steroid dienone is 1. The summed E-state index contributed by atoms with van der Waals surface area (Å²) in [5.41, 5.74) is 3.38. The van der Waals surface area contributed by atoms with Gasteiger partial charge in [0.1, 0.15) is 4.99 Å². The standard InChI is InChI=1S/C17H18ClNS3/c1-11(2)6-8-22-16-10-13(4-5-15(16)18)19-17(20)14-7-9-21-12(14)3/h4-7,9-10H,8H2,1-3H3,(H,19,20). The molecule has 0 aliphatic carbocycles. The Labute approximate surface area is 150 Å². The third-order valence-electron chi connectivity index (χ3n) is 3.02. The minimum atomic E-state index is 0.751. The average Bonchev–Trinajstić information content (AvgIpc) is 2.88. The number of aryl methyl sites for hydroxylation is 1. The third-order valence-corrected chi connectivity index (χ3v) is 5.61. The lowest BCUT2D eigenvalue weighted by molar-refractivity contribution is 1.36. The van der Waals surface area contributed by atoms with Crippen LogP contribution in [0.3, 0.4) is 0 Å². The number of anilines is 1. The number of nitrogens with one attached hydrogen (secondary N) is 1. The van der Waals surface area contributed by atoms with Gasteiger partial charge in [-0.3, -0.25) is 0 Å². The van der Waals surface area contributed by atoms with Crippen LogP contribution in [0.5, 0.6) is 0 Å². The van der Waals surface area contributed by atoms with Gasteiger partial charge in [0, 0.05) is 26.8 Å². The first-order chi connectivity index (χ1) is 10.5. The molecule has 1 aromatic carbocycles. The maximum absolute atomic E-state index is 6.27. The lowest BCUT2D eigenvalue weighted by Crippen LogP contribution is -2.10. The summed E-state index contributed by atoms with van der Waals surface area (Å²) in [7, 11) is 0. The van der Waals surface area contributed by atoms with E-state index in [0.29, 0.717) is 0 Å². The van der Waals surface area contributed by atoms with Crippen LogP contribution in [0.4, 0.5) is 5.69 Å². The Kier molecular flexibility index (Phi) is 6.50. The van der Waals surface area contributed by atoms with Gasteiger partial charge >= 0.3 is 0 Å². The fourth-order valence-corrected chi connectivity index (χ4v) is 4.21. The monoisotopic (exact) mass is 367 g/mol. The highest BCUT2D eigenvalue weighted by Gasteiger charge is 2.08. The molecule has 0 spiro atoms. The molecule has 1 N–H and O–H groups in total. The van der Waals surface area contributed by atoms with Gasteiger partial charge in [0.05, 0.1) is 5.02 Å². The van der Waals surface area contributed by atoms with E-state index < -0.39 is 0 Å². The van der Waals surface area contributed by atoms with Gasteiger partial charge in [-0.1, -0.05) is 35.5 Å². The van der Waals surface area contributed by atoms with E-state index in [4.69, 9.17) is 23.8 Å². The van der Waals surface area contributed by atoms with E-state index in [1.54, 1.807) is 23.1 Å². The summed E-state index contributed by atoms with van der Waals surface area (Å²) < 4.78 is 0. The topological polar surface area (TPSA) is 12.0 Å². The van der Waals surface area contributed by atoms with Crippen molar-refractivity contribution in [2.24, 2.45) is 0 Å². The van der Waals surface area contributed by atoms with Gasteiger partial charge in [-0.15, -0.1) is 23.1 Å². The molecule has 0 aliphatic heterocycles. The molecule has 0 aliphatic rings. The Hall–Kier alpha value is -0.810. The van der Waals surface area contributed by atoms with Gasteiger partial charge in [0.2, 0.25) is 0 Å². The average molecular weight is 368 g/mol. The van der Waals surface area contributed by atoms with Gasteiger partial charge in [-0.05, 0) is 50.4 Å². The predicted molar refractivity (Wildman–Crippen MR) is 106 cm³/mol. The van der Waals surface area contributed by atoms with E-state index in [0.717, 1.165) is 31.9 Å². The minimum Gasteiger partial charge on any atom is -0.346 e. The summed E-state index contributed by atoms with van der Waals surface area (Å²) in [6.45, 7) is 6.28. The van der Waals surface area contributed by atoms with Crippen molar-refractivity contribution in [1.29, 1.82) is 0 Å². The summed E-state index contributed by atoms with van der Waals surface area (Å²) in [6, 6.07) is 7.98. The highest BCUT2D eigenvalue weighted by Crippen LogP contribution is 2.30. The number of benzene rings is 1. The van der Waals surface area contributed by atoms with Gasteiger partial charge < -0.3 is 5.32 Å². The molecule has 1 aromatic heterocycles. The summed E-state index contributed by atoms with van der Waals surface area (Å²) in [5.74, 6) is 0.916. The van der Waals surface area contributed by atoms with Crippen molar-refractivity contribution in [3.63, 3.8) is 0 Å². The Bertz CT molecular complexity index is 700. The second-order valence-corrected chi connectivity index (χ2v) is 8.08. The Morgan fingerprint density at radius 1 is 1.36 bits per heavy atom. The lowest BCUT2D eigenvalue weighted by Gasteiger charge is -2.10. The summed E-state index contributed by atoms with van der Waals surface area (Å²) in [5, 5.41) is 6.13. The largest absolute Gasteiger partial charge is 0.346 e. The molecule has 22 heavy (non-hydrogen) atoms. The fourth-order valence-electron chi connectivity index (χ4n) is 1.81. The molecule has 2 rings (SSSR count). The van der Waals surface area contributed by atoms with E-state index >= 15 is 0 Å². The SMILES string of the molecule is CC(C)=CCSc1cc(NC(=S)c2ccsc2C)ccc1Cl. The van der Waals surface area contributed by atoms with Crippen LogP contribution in [0.25, 0.3) is 0 Å². The van der Waals surface area contributed by atoms with Crippen molar-refractivity contribution in [2.45, 2.75) is 25.7 Å². The van der Waals surface area contributed by atoms with Crippen LogP contribution in [0.2, 0.25) is 5.02 Å². The van der Waals surface area contributed by atoms with Crippen molar-refractivity contribution in [1.82, 2.24) is 0 Å². The van der Waals surface area contributed by atoms with Gasteiger partial charge in [0.15, 0.2) is 0 Å². The van der Waals surface area contributed by atoms with Crippen LogP contribution in [-0.4, -0.2) is 10.7 Å². The van der Waals surface area contributed by atoms with Crippen molar-refractivity contribution in [3.8, 4) is 0 Å². The van der Waals surface area contributed by atoms with E-state index in [1.807, 2.05) is 12.1 Å². The van der Waals surface area contributed by atoms with Crippen molar-refractivity contribution in [2.75, 3.05) is 11.1 Å². The summed E-state index contributed by atoms with van der Waals surface area (Å²) >= 11 is 15.2. The van der Waals surface area contributed by atoms with E-state index in [9.17, 15) is 0 Å². The molecule has 0 saturated heterocycles. The molecule has 0 atom stereocenters. The van der Waals surface area contributed by atoms with Crippen molar-refractivity contribution < 1.29 is 0 Å². The molecular weight excluding hydrogens is 350 g/mol. The zero-order chi connectivity index (χ0) is 16.1. The molecule has 2 aromatic rings. The van der Waals surface area contributed by atoms with Crippen LogP contribution in [0, 0.1) is 6.92 Å². The molecule has 0 saturated carbocycles. The molecule has 0 unspecified atom stereocenters. The first kappa shape index (κ1) is 17.5. The molecule has 1 nitrogen and oxygen atoms in total. The number of thiocarbonyl (C=S) groups is 1. The van der Waals surface area contributed by atoms with Crippen LogP contribution in [0.1, 0.15) is 24.3 Å². The third kappa shape index (κ3) is 4.85. The predicted octanol–water partition coefficient (Wildman–Crippen LogP) is 6.56. The second kappa shape index (κ2) is 8.16. The second-order valence-electron chi connectivity index (χ2n) is 5.08. The van der Waals surface area contributed by atoms with Gasteiger partial charge in [-0.25, -0.2) is 0 Å². The number of hydrogen-bond donors (Lipinski definition) is 1. The molecule has 0 radical (unpaired) electrons. The molecule has 0 amide bonds. The summed E-state index contributed by atoms with van der Waals surface area (Å²) in [6.07, 6.45) is 2.19. The van der Waals surface area contributed by atoms with Crippen LogP contribution in [-0.2, 0) is 0 Å². The Morgan fingerprint density at radius 3 is 2.77 bits per heavy atom. The van der Waals surface area contributed by atoms with E-state index in [2.05, 4.69) is 49.7 Å². The zero-order valence-electron chi connectivity index (χ0n) is 12.8. The molecule has 5 heteroatoms. The number of rotatable bonds is 5. The molecule has 0 bridgehead atoms. The van der Waals surface area contributed by atoms with E-state index in [1.165, 1.54) is 10.5 Å². The number of thioether (sulfide) groups is 1. The number of thiophene rings is 1. The number of halogens is 1. The van der Waals surface area contributed by atoms with Gasteiger partial charge in [0.25, 0.3) is 0 Å².